The number of carboxylic acids is 2. The van der Waals surface area contributed by atoms with Crippen LogP contribution in [-0.4, -0.2) is 128 Å². The molecule has 2 fully saturated rings. The minimum atomic E-state index is -1.26. The summed E-state index contributed by atoms with van der Waals surface area (Å²) in [5.74, 6) is -0.0577. The summed E-state index contributed by atoms with van der Waals surface area (Å²) in [5.41, 5.74) is 3.89. The molecule has 3 aromatic carbocycles. The number of likely N-dealkylation sites (tertiary alicyclic amines) is 1. The number of aliphatic carboxylic acids is 2. The number of fused-ring (bicyclic) bond motifs is 1. The molecule has 14 nitrogen and oxygen atoms in total. The van der Waals surface area contributed by atoms with Gasteiger partial charge in [-0.05, 0) is 69.1 Å². The third-order valence-corrected chi connectivity index (χ3v) is 10.4. The summed E-state index contributed by atoms with van der Waals surface area (Å²) in [4.78, 5) is 45.2. The van der Waals surface area contributed by atoms with Gasteiger partial charge in [0, 0.05) is 69.0 Å². The Morgan fingerprint density at radius 1 is 0.821 bits per heavy atom. The number of imidazole rings is 1. The molecule has 1 aromatic heterocycles. The summed E-state index contributed by atoms with van der Waals surface area (Å²) < 4.78 is 24.6. The van der Waals surface area contributed by atoms with Gasteiger partial charge in [0.05, 0.1) is 39.0 Å². The van der Waals surface area contributed by atoms with E-state index in [1.54, 1.807) is 33.5 Å². The third kappa shape index (κ3) is 10.2. The highest BCUT2D eigenvalue weighted by molar-refractivity contribution is 5.96. The number of methoxy groups -OCH3 is 3. The van der Waals surface area contributed by atoms with Gasteiger partial charge in [-0.25, -0.2) is 14.6 Å². The maximum absolute atomic E-state index is 13.9. The average molecular weight is 772 g/mol. The fourth-order valence-corrected chi connectivity index (χ4v) is 7.54. The quantitative estimate of drug-likeness (QED) is 0.121. The van der Waals surface area contributed by atoms with Gasteiger partial charge in [0.1, 0.15) is 0 Å². The van der Waals surface area contributed by atoms with Crippen LogP contribution in [0.5, 0.6) is 17.2 Å². The number of carbonyl (C=O) groups is 3. The number of nitrogens with zero attached hydrogens (tertiary/aromatic N) is 5. The average Bonchev–Trinajstić information content (AvgIpc) is 3.74. The predicted molar refractivity (Wildman–Crippen MR) is 213 cm³/mol. The number of ether oxygens (including phenoxy) is 4. The molecular weight excluding hydrogens is 718 g/mol. The predicted octanol–water partition coefficient (Wildman–Crippen LogP) is 5.20. The van der Waals surface area contributed by atoms with Crippen molar-refractivity contribution < 1.29 is 43.5 Å². The number of carbonyl (C=O) groups excluding carboxylic acids is 1. The molecule has 1 atom stereocenters. The number of carboxylic acid groups (broad SMARTS) is 2. The van der Waals surface area contributed by atoms with Crippen molar-refractivity contribution in [2.45, 2.75) is 38.1 Å². The van der Waals surface area contributed by atoms with Crippen LogP contribution >= 0.6 is 0 Å². The zero-order valence-corrected chi connectivity index (χ0v) is 32.7. The van der Waals surface area contributed by atoms with Gasteiger partial charge in [0.2, 0.25) is 11.7 Å². The molecule has 300 valence electrons. The van der Waals surface area contributed by atoms with Gasteiger partial charge in [-0.15, -0.1) is 0 Å². The van der Waals surface area contributed by atoms with E-state index in [1.807, 2.05) is 11.8 Å². The van der Waals surface area contributed by atoms with Crippen LogP contribution in [0.15, 0.2) is 78.9 Å². The standard InChI is InChI=1S/C38H49N5O5.C4H4O4/c1-5-48-25-24-43-32-15-10-9-14-31(32)39-37(43)41-19-11-18-40(22-23-41)20-16-38(30-12-7-6-8-13-30)17-21-42(28-38)36(44)29-26-33(45-2)35(47-4)34(27-29)46-3;5-3(6)1-2-4(7)8/h6-10,12-15,26-27H,5,11,16-25,28H2,1-4H3;1-2H,(H,5,6)(H,7,8). The second-order valence-electron chi connectivity index (χ2n) is 13.7. The Morgan fingerprint density at radius 3 is 2.14 bits per heavy atom. The van der Waals surface area contributed by atoms with Crippen molar-refractivity contribution in [3.63, 3.8) is 0 Å². The van der Waals surface area contributed by atoms with Crippen molar-refractivity contribution in [3.8, 4) is 17.2 Å². The number of rotatable bonds is 15. The summed E-state index contributed by atoms with van der Waals surface area (Å²) in [6.45, 7) is 10.4. The van der Waals surface area contributed by atoms with E-state index in [0.717, 1.165) is 75.5 Å². The highest BCUT2D eigenvalue weighted by Gasteiger charge is 2.42. The molecule has 2 aliphatic rings. The Bertz CT molecular complexity index is 1930. The molecule has 0 bridgehead atoms. The van der Waals surface area contributed by atoms with Crippen LogP contribution in [0.1, 0.15) is 42.1 Å². The SMILES string of the molecule is CCOCCn1c(N2CCCN(CCC3(c4ccccc4)CCN(C(=O)c4cc(OC)c(OC)c(OC)c4)C3)CC2)nc2ccccc21.O=C(O)C=CC(=O)O. The molecule has 3 heterocycles. The van der Waals surface area contributed by atoms with Crippen molar-refractivity contribution >= 4 is 34.8 Å². The Balaban J connectivity index is 0.000000677. The molecule has 1 amide bonds. The van der Waals surface area contributed by atoms with Gasteiger partial charge in [0.15, 0.2) is 11.5 Å². The summed E-state index contributed by atoms with van der Waals surface area (Å²) in [6.07, 6.45) is 4.07. The van der Waals surface area contributed by atoms with E-state index in [9.17, 15) is 14.4 Å². The number of hydrogen-bond donors (Lipinski definition) is 2. The van der Waals surface area contributed by atoms with E-state index in [-0.39, 0.29) is 11.3 Å². The van der Waals surface area contributed by atoms with Crippen LogP contribution in [0.25, 0.3) is 11.0 Å². The molecule has 6 rings (SSSR count). The number of hydrogen-bond acceptors (Lipinski definition) is 10. The fraction of sp³-hybridized carbons (Fsp3) is 0.429. The van der Waals surface area contributed by atoms with Gasteiger partial charge in [-0.1, -0.05) is 42.5 Å². The lowest BCUT2D eigenvalue weighted by Crippen LogP contribution is -2.39. The number of para-hydroxylation sites is 2. The van der Waals surface area contributed by atoms with Crippen molar-refractivity contribution in [3.05, 3.63) is 90.0 Å². The molecule has 14 heteroatoms. The lowest BCUT2D eigenvalue weighted by Gasteiger charge is -2.33. The van der Waals surface area contributed by atoms with Crippen LogP contribution < -0.4 is 19.1 Å². The topological polar surface area (TPSA) is 156 Å². The third-order valence-electron chi connectivity index (χ3n) is 10.4. The Kier molecular flexibility index (Phi) is 14.7. The second kappa shape index (κ2) is 19.8. The normalized spacial score (nSPS) is 17.4. The highest BCUT2D eigenvalue weighted by Crippen LogP contribution is 2.41. The zero-order chi connectivity index (χ0) is 40.1. The van der Waals surface area contributed by atoms with E-state index in [1.165, 1.54) is 5.56 Å². The van der Waals surface area contributed by atoms with Crippen molar-refractivity contribution in [2.75, 3.05) is 85.3 Å². The van der Waals surface area contributed by atoms with Crippen LogP contribution in [-0.2, 0) is 26.3 Å². The number of amides is 1. The molecule has 56 heavy (non-hydrogen) atoms. The van der Waals surface area contributed by atoms with Gasteiger partial charge >= 0.3 is 11.9 Å². The summed E-state index contributed by atoms with van der Waals surface area (Å²) in [6, 6.07) is 22.6. The van der Waals surface area contributed by atoms with Crippen LogP contribution in [0.4, 0.5) is 5.95 Å². The van der Waals surface area contributed by atoms with Crippen molar-refractivity contribution in [1.82, 2.24) is 19.4 Å². The molecule has 0 radical (unpaired) electrons. The lowest BCUT2D eigenvalue weighted by atomic mass is 9.76. The highest BCUT2D eigenvalue weighted by atomic mass is 16.5. The Morgan fingerprint density at radius 2 is 1.50 bits per heavy atom. The molecule has 0 saturated carbocycles. The number of benzene rings is 3. The molecule has 2 aliphatic heterocycles. The molecule has 0 aliphatic carbocycles. The van der Waals surface area contributed by atoms with Crippen LogP contribution in [0, 0.1) is 0 Å². The van der Waals surface area contributed by atoms with Crippen LogP contribution in [0.2, 0.25) is 0 Å². The van der Waals surface area contributed by atoms with Crippen molar-refractivity contribution in [1.29, 1.82) is 0 Å². The summed E-state index contributed by atoms with van der Waals surface area (Å²) in [7, 11) is 4.71. The van der Waals surface area contributed by atoms with Crippen LogP contribution in [0.3, 0.4) is 0 Å². The van der Waals surface area contributed by atoms with Gasteiger partial charge in [-0.3, -0.25) is 4.79 Å². The van der Waals surface area contributed by atoms with Crippen molar-refractivity contribution in [2.24, 2.45) is 0 Å². The monoisotopic (exact) mass is 771 g/mol. The first-order chi connectivity index (χ1) is 27.1. The molecular formula is C42H53N5O9. The van der Waals surface area contributed by atoms with Gasteiger partial charge in [-0.2, -0.15) is 0 Å². The molecule has 2 N–H and O–H groups in total. The maximum atomic E-state index is 13.9. The minimum Gasteiger partial charge on any atom is -0.493 e. The summed E-state index contributed by atoms with van der Waals surface area (Å²) >= 11 is 0. The first-order valence-electron chi connectivity index (χ1n) is 18.9. The minimum absolute atomic E-state index is 0.0234. The smallest absolute Gasteiger partial charge is 0.328 e. The maximum Gasteiger partial charge on any atom is 0.328 e. The van der Waals surface area contributed by atoms with E-state index >= 15 is 0 Å². The molecule has 1 unspecified atom stereocenters. The Hall–Kier alpha value is -5.60. The van der Waals surface area contributed by atoms with E-state index in [2.05, 4.69) is 69.0 Å². The van der Waals surface area contributed by atoms with E-state index < -0.39 is 11.9 Å². The van der Waals surface area contributed by atoms with Gasteiger partial charge < -0.3 is 48.4 Å². The lowest BCUT2D eigenvalue weighted by molar-refractivity contribution is -0.134. The molecule has 2 saturated heterocycles. The first kappa shape index (κ1) is 41.6. The van der Waals surface area contributed by atoms with Gasteiger partial charge in [0.25, 0.3) is 5.91 Å². The first-order valence-corrected chi connectivity index (χ1v) is 18.9. The van der Waals surface area contributed by atoms with E-state index in [4.69, 9.17) is 34.1 Å². The number of anilines is 1. The largest absolute Gasteiger partial charge is 0.493 e. The molecule has 0 spiro atoms. The zero-order valence-electron chi connectivity index (χ0n) is 32.7. The number of aromatic nitrogens is 2. The summed E-state index contributed by atoms with van der Waals surface area (Å²) in [5, 5.41) is 15.6. The van der Waals surface area contributed by atoms with E-state index in [0.29, 0.717) is 61.3 Å². The Labute approximate surface area is 327 Å². The molecule has 4 aromatic rings. The second-order valence-corrected chi connectivity index (χ2v) is 13.7. The fourth-order valence-electron chi connectivity index (χ4n) is 7.54.